The number of hydrogen-bond acceptors (Lipinski definition) is 2. The number of amides is 1. The van der Waals surface area contributed by atoms with Gasteiger partial charge < -0.3 is 5.11 Å². The van der Waals surface area contributed by atoms with Gasteiger partial charge in [-0.05, 0) is 19.9 Å². The van der Waals surface area contributed by atoms with E-state index < -0.39 is 0 Å². The number of benzene rings is 2. The summed E-state index contributed by atoms with van der Waals surface area (Å²) in [5.41, 5.74) is 2.47. The number of aliphatic hydroxyl groups is 1. The number of nitrogens with zero attached hydrogens (tertiary/aromatic N) is 1. The van der Waals surface area contributed by atoms with E-state index in [-0.39, 0.29) is 16.1 Å². The third kappa shape index (κ3) is 1.83. The zero-order valence-electron chi connectivity index (χ0n) is 12.5. The van der Waals surface area contributed by atoms with E-state index >= 15 is 0 Å². The Labute approximate surface area is 134 Å². The molecule has 1 N–H and O–H groups in total. The number of carbonyl (C=O) groups is 1. The lowest BCUT2D eigenvalue weighted by Crippen LogP contribution is -2.52. The Balaban J connectivity index is 2.43. The second-order valence-corrected chi connectivity index (χ2v) is 5.78. The fourth-order valence-electron chi connectivity index (χ4n) is 3.19. The van der Waals surface area contributed by atoms with Crippen LogP contribution in [0.15, 0.2) is 54.1 Å². The number of aliphatic hydroxyl groups excluding tert-OH is 1. The van der Waals surface area contributed by atoms with E-state index in [1.807, 2.05) is 49.4 Å². The number of halogens is 1. The third-order valence-electron chi connectivity index (χ3n) is 4.33. The Kier molecular flexibility index (Phi) is 3.55. The molecule has 3 nitrogen and oxygen atoms in total. The molecule has 0 radical (unpaired) electrons. The van der Waals surface area contributed by atoms with Crippen molar-refractivity contribution >= 4 is 34.6 Å². The van der Waals surface area contributed by atoms with Crippen molar-refractivity contribution in [2.45, 2.75) is 13.8 Å². The van der Waals surface area contributed by atoms with Crippen molar-refractivity contribution in [3.8, 4) is 0 Å². The number of likely N-dealkylation sites (N-methyl/N-ethyl adjacent to an activating group) is 1. The van der Waals surface area contributed by atoms with Crippen LogP contribution in [-0.4, -0.2) is 17.6 Å². The predicted octanol–water partition coefficient (Wildman–Crippen LogP) is 4.83. The van der Waals surface area contributed by atoms with E-state index in [0.29, 0.717) is 28.4 Å². The normalized spacial score (nSPS) is 21.0. The molecule has 0 saturated carbocycles. The van der Waals surface area contributed by atoms with Gasteiger partial charge in [-0.1, -0.05) is 35.9 Å². The Bertz CT molecular complexity index is 783. The van der Waals surface area contributed by atoms with Crippen molar-refractivity contribution < 1.29 is 9.90 Å². The number of rotatable bonds is 2. The summed E-state index contributed by atoms with van der Waals surface area (Å²) in [4.78, 5) is 13.1. The first-order valence-corrected chi connectivity index (χ1v) is 7.59. The molecule has 2 aromatic carbocycles. The molecular weight excluding hydrogens is 298 g/mol. The van der Waals surface area contributed by atoms with Crippen molar-refractivity contribution in [2.75, 3.05) is 6.54 Å². The van der Waals surface area contributed by atoms with Crippen molar-refractivity contribution in [2.24, 2.45) is 0 Å². The molecule has 0 spiro atoms. The third-order valence-corrected chi connectivity index (χ3v) is 4.65. The molecule has 3 rings (SSSR count). The molecule has 0 fully saturated rings. The van der Waals surface area contributed by atoms with Gasteiger partial charge in [-0.15, -0.1) is 0 Å². The van der Waals surface area contributed by atoms with Gasteiger partial charge in [-0.3, -0.25) is 0 Å². The average molecular weight is 315 g/mol. The lowest BCUT2D eigenvalue weighted by molar-refractivity contribution is -0.123. The Morgan fingerprint density at radius 1 is 1.09 bits per heavy atom. The van der Waals surface area contributed by atoms with Gasteiger partial charge >= 0.3 is 5.91 Å². The van der Waals surface area contributed by atoms with Gasteiger partial charge in [0.15, 0.2) is 5.69 Å². The van der Waals surface area contributed by atoms with Gasteiger partial charge in [-0.25, -0.2) is 4.79 Å². The second-order valence-electron chi connectivity index (χ2n) is 5.37. The summed E-state index contributed by atoms with van der Waals surface area (Å²) in [6, 6.07) is 15.0. The number of para-hydroxylation sites is 1. The molecule has 0 bridgehead atoms. The topological polar surface area (TPSA) is 37.3 Å². The van der Waals surface area contributed by atoms with E-state index in [1.54, 1.807) is 13.0 Å². The molecule has 1 amide bonds. The first-order valence-electron chi connectivity index (χ1n) is 7.22. The summed E-state index contributed by atoms with van der Waals surface area (Å²) >= 11 is 6.31. The molecular formula is C18H17ClNO2+. The average Bonchev–Trinajstić information content (AvgIpc) is 2.55. The smallest absolute Gasteiger partial charge is 0.355 e. The van der Waals surface area contributed by atoms with Crippen molar-refractivity contribution in [1.82, 2.24) is 4.48 Å². The first kappa shape index (κ1) is 14.8. The Hall–Kier alpha value is -2.10. The minimum Gasteiger partial charge on any atom is -0.506 e. The molecule has 1 aliphatic rings. The van der Waals surface area contributed by atoms with E-state index in [1.165, 1.54) is 0 Å². The van der Waals surface area contributed by atoms with Crippen LogP contribution < -0.4 is 4.48 Å². The largest absolute Gasteiger partial charge is 0.506 e. The predicted molar refractivity (Wildman–Crippen MR) is 90.1 cm³/mol. The minimum atomic E-state index is -0.124. The Morgan fingerprint density at radius 2 is 1.77 bits per heavy atom. The van der Waals surface area contributed by atoms with Gasteiger partial charge in [0.1, 0.15) is 11.4 Å². The van der Waals surface area contributed by atoms with Gasteiger partial charge in [0.2, 0.25) is 0 Å². The summed E-state index contributed by atoms with van der Waals surface area (Å²) in [7, 11) is 0. The number of fused-ring (bicyclic) bond motifs is 1. The van der Waals surface area contributed by atoms with Gasteiger partial charge in [0.05, 0.1) is 22.7 Å². The molecule has 1 atom stereocenters. The molecule has 0 aliphatic carbocycles. The number of carbonyl (C=O) groups excluding carboxylic acids is 1. The zero-order valence-corrected chi connectivity index (χ0v) is 13.3. The molecule has 2 aromatic rings. The quantitative estimate of drug-likeness (QED) is 0.806. The summed E-state index contributed by atoms with van der Waals surface area (Å²) in [6.07, 6.45) is 0. The standard InChI is InChI=1S/C18H16ClNO2/c1-3-20(13-8-5-4-6-9-13)15-11-7-10-14(19)16(15)17(21)12(2)18(20)22/h4-11H,3H2,1-2H3/p+1. The van der Waals surface area contributed by atoms with Crippen LogP contribution in [0.2, 0.25) is 5.02 Å². The van der Waals surface area contributed by atoms with Crippen LogP contribution in [0.4, 0.5) is 11.4 Å². The molecule has 1 aliphatic heterocycles. The Morgan fingerprint density at radius 3 is 2.41 bits per heavy atom. The van der Waals surface area contributed by atoms with Crippen LogP contribution in [0, 0.1) is 0 Å². The second kappa shape index (κ2) is 5.27. The van der Waals surface area contributed by atoms with Gasteiger partial charge in [0.25, 0.3) is 0 Å². The first-order chi connectivity index (χ1) is 10.5. The van der Waals surface area contributed by atoms with Crippen molar-refractivity contribution in [1.29, 1.82) is 0 Å². The molecule has 22 heavy (non-hydrogen) atoms. The van der Waals surface area contributed by atoms with Crippen molar-refractivity contribution in [3.05, 3.63) is 64.7 Å². The highest BCUT2D eigenvalue weighted by Gasteiger charge is 2.48. The summed E-state index contributed by atoms with van der Waals surface area (Å²) in [6.45, 7) is 4.15. The minimum absolute atomic E-state index is 0.0243. The molecule has 1 unspecified atom stereocenters. The summed E-state index contributed by atoms with van der Waals surface area (Å²) in [5.74, 6) is -0.148. The molecule has 0 aromatic heterocycles. The highest BCUT2D eigenvalue weighted by Crippen LogP contribution is 2.47. The molecule has 0 saturated heterocycles. The highest BCUT2D eigenvalue weighted by molar-refractivity contribution is 6.33. The highest BCUT2D eigenvalue weighted by atomic mass is 35.5. The fourth-order valence-corrected chi connectivity index (χ4v) is 3.44. The van der Waals surface area contributed by atoms with E-state index in [4.69, 9.17) is 11.6 Å². The molecule has 112 valence electrons. The van der Waals surface area contributed by atoms with Crippen LogP contribution in [0.3, 0.4) is 0 Å². The maximum absolute atomic E-state index is 13.1. The van der Waals surface area contributed by atoms with Crippen LogP contribution in [0.5, 0.6) is 0 Å². The van der Waals surface area contributed by atoms with Crippen LogP contribution in [-0.2, 0) is 4.79 Å². The molecule has 1 heterocycles. The van der Waals surface area contributed by atoms with E-state index in [9.17, 15) is 9.90 Å². The zero-order chi connectivity index (χ0) is 15.9. The van der Waals surface area contributed by atoms with Crippen LogP contribution in [0.1, 0.15) is 19.4 Å². The lowest BCUT2D eigenvalue weighted by Gasteiger charge is -2.38. The number of hydrogen-bond donors (Lipinski definition) is 1. The monoisotopic (exact) mass is 314 g/mol. The fraction of sp³-hybridized carbons (Fsp3) is 0.167. The van der Waals surface area contributed by atoms with Crippen LogP contribution >= 0.6 is 11.6 Å². The summed E-state index contributed by atoms with van der Waals surface area (Å²) < 4.78 is 0.0344. The van der Waals surface area contributed by atoms with Crippen molar-refractivity contribution in [3.63, 3.8) is 0 Å². The number of quaternary nitrogens is 1. The van der Waals surface area contributed by atoms with E-state index in [0.717, 1.165) is 5.69 Å². The van der Waals surface area contributed by atoms with Gasteiger partial charge in [0, 0.05) is 18.2 Å². The van der Waals surface area contributed by atoms with Gasteiger partial charge in [-0.2, -0.15) is 4.48 Å². The molecule has 4 heteroatoms. The van der Waals surface area contributed by atoms with Crippen LogP contribution in [0.25, 0.3) is 5.76 Å². The lowest BCUT2D eigenvalue weighted by atomic mass is 9.96. The maximum Gasteiger partial charge on any atom is 0.355 e. The maximum atomic E-state index is 13.1. The summed E-state index contributed by atoms with van der Waals surface area (Å²) in [5, 5.41) is 10.9. The van der Waals surface area contributed by atoms with E-state index in [2.05, 4.69) is 0 Å². The SMILES string of the molecule is CC[N+]1(c2ccccc2)C(=O)C(C)=C(O)c2c(Cl)cccc21.